The fourth-order valence-corrected chi connectivity index (χ4v) is 5.18. The van der Waals surface area contributed by atoms with Gasteiger partial charge in [-0.15, -0.1) is 0 Å². The molecule has 3 heterocycles. The molecule has 0 bridgehead atoms. The number of halogens is 1. The molecule has 0 radical (unpaired) electrons. The number of aliphatic hydroxyl groups excluding tert-OH is 1. The number of nitrogens with one attached hydrogen (secondary N) is 1. The second-order valence-corrected chi connectivity index (χ2v) is 11.6. The van der Waals surface area contributed by atoms with Gasteiger partial charge in [0.15, 0.2) is 6.10 Å². The lowest BCUT2D eigenvalue weighted by molar-refractivity contribution is 0.00871. The minimum absolute atomic E-state index is 0.163. The minimum Gasteiger partial charge on any atom is -0.494 e. The Labute approximate surface area is 207 Å². The van der Waals surface area contributed by atoms with Crippen molar-refractivity contribution in [3.63, 3.8) is 0 Å². The highest BCUT2D eigenvalue weighted by molar-refractivity contribution is 7.92. The molecule has 1 aromatic heterocycles. The Morgan fingerprint density at radius 1 is 1.19 bits per heavy atom. The van der Waals surface area contributed by atoms with E-state index < -0.39 is 40.0 Å². The SMILES string of the molecule is COc1c(N=S(C)(C)=O)cc2ncnc(Nc3ccc(F)cc3O[C@@H]3CO[C@H]4[C@@H]3OC[C@H]4O)c2c1C. The number of benzene rings is 2. The molecule has 0 amide bonds. The van der Waals surface area contributed by atoms with Crippen molar-refractivity contribution in [3.05, 3.63) is 42.0 Å². The van der Waals surface area contributed by atoms with Gasteiger partial charge in [-0.25, -0.2) is 18.6 Å². The second kappa shape index (κ2) is 9.43. The van der Waals surface area contributed by atoms with E-state index in [1.54, 1.807) is 24.6 Å². The number of fused-ring (bicyclic) bond motifs is 2. The predicted octanol–water partition coefficient (Wildman–Crippen LogP) is 3.09. The highest BCUT2D eigenvalue weighted by Crippen LogP contribution is 2.41. The number of rotatable bonds is 6. The molecule has 2 fully saturated rings. The zero-order chi connectivity index (χ0) is 25.6. The van der Waals surface area contributed by atoms with E-state index in [0.717, 1.165) is 0 Å². The van der Waals surface area contributed by atoms with Gasteiger partial charge in [0, 0.05) is 39.3 Å². The quantitative estimate of drug-likeness (QED) is 0.506. The first-order chi connectivity index (χ1) is 17.1. The average molecular weight is 519 g/mol. The summed E-state index contributed by atoms with van der Waals surface area (Å²) in [7, 11) is -0.921. The van der Waals surface area contributed by atoms with Crippen molar-refractivity contribution >= 4 is 37.8 Å². The molecule has 3 aromatic rings. The Morgan fingerprint density at radius 2 is 1.97 bits per heavy atom. The Balaban J connectivity index is 1.53. The molecule has 4 atom stereocenters. The fraction of sp³-hybridized carbons (Fsp3) is 0.417. The molecule has 10 nitrogen and oxygen atoms in total. The highest BCUT2D eigenvalue weighted by atomic mass is 32.2. The van der Waals surface area contributed by atoms with Gasteiger partial charge in [-0.1, -0.05) is 0 Å². The molecular weight excluding hydrogens is 491 g/mol. The first-order valence-electron chi connectivity index (χ1n) is 11.3. The van der Waals surface area contributed by atoms with Gasteiger partial charge in [0.05, 0.1) is 31.5 Å². The average Bonchev–Trinajstić information content (AvgIpc) is 3.38. The first kappa shape index (κ1) is 24.6. The maximum Gasteiger partial charge on any atom is 0.151 e. The van der Waals surface area contributed by atoms with Crippen LogP contribution in [0.15, 0.2) is 35.0 Å². The number of aryl methyl sites for hydroxylation is 1. The molecule has 0 spiro atoms. The lowest BCUT2D eigenvalue weighted by Crippen LogP contribution is -2.34. The smallest absolute Gasteiger partial charge is 0.151 e. The summed E-state index contributed by atoms with van der Waals surface area (Å²) in [5, 5.41) is 13.9. The Bertz CT molecular complexity index is 1440. The molecule has 0 aliphatic carbocycles. The van der Waals surface area contributed by atoms with Gasteiger partial charge in [-0.05, 0) is 25.1 Å². The maximum atomic E-state index is 14.2. The van der Waals surface area contributed by atoms with E-state index in [9.17, 15) is 13.7 Å². The summed E-state index contributed by atoms with van der Waals surface area (Å²) in [5.74, 6) is 0.672. The molecular formula is C24H27FN4O6S. The maximum absolute atomic E-state index is 14.2. The molecule has 2 aliphatic heterocycles. The molecule has 5 rings (SSSR count). The number of aromatic nitrogens is 2. The summed E-state index contributed by atoms with van der Waals surface area (Å²) in [6.45, 7) is 2.21. The standard InChI is InChI=1S/C24H27FN4O6S/c1-12-20-15(8-16(21(12)32-2)29-36(3,4)31)26-11-27-24(20)28-14-6-5-13(25)7-18(14)35-19-10-34-22-17(30)9-33-23(19)22/h5-8,11,17,19,22-23,30H,9-10H2,1-4H3,(H,26,27,28)/t17-,19-,22-,23-/m1/s1. The van der Waals surface area contributed by atoms with Crippen LogP contribution in [-0.2, 0) is 19.2 Å². The Kier molecular flexibility index (Phi) is 6.45. The normalized spacial score (nSPS) is 23.5. The van der Waals surface area contributed by atoms with Crippen LogP contribution in [0.3, 0.4) is 0 Å². The minimum atomic E-state index is -2.44. The summed E-state index contributed by atoms with van der Waals surface area (Å²) >= 11 is 0. The van der Waals surface area contributed by atoms with E-state index in [1.165, 1.54) is 25.6 Å². The van der Waals surface area contributed by atoms with E-state index in [2.05, 4.69) is 19.6 Å². The number of hydrogen-bond donors (Lipinski definition) is 2. The molecule has 12 heteroatoms. The van der Waals surface area contributed by atoms with Gasteiger partial charge in [0.1, 0.15) is 53.5 Å². The summed E-state index contributed by atoms with van der Waals surface area (Å²) in [5.41, 5.74) is 2.17. The number of aliphatic hydroxyl groups is 1. The van der Waals surface area contributed by atoms with Crippen LogP contribution >= 0.6 is 0 Å². The van der Waals surface area contributed by atoms with Crippen LogP contribution in [0.5, 0.6) is 11.5 Å². The van der Waals surface area contributed by atoms with Crippen molar-refractivity contribution in [2.24, 2.45) is 4.36 Å². The van der Waals surface area contributed by atoms with Crippen molar-refractivity contribution in [1.82, 2.24) is 9.97 Å². The van der Waals surface area contributed by atoms with Crippen LogP contribution in [-0.4, -0.2) is 76.5 Å². The zero-order valence-corrected chi connectivity index (χ0v) is 21.0. The summed E-state index contributed by atoms with van der Waals surface area (Å²) < 4.78 is 53.8. The van der Waals surface area contributed by atoms with Gasteiger partial charge in [-0.3, -0.25) is 0 Å². The van der Waals surface area contributed by atoms with Crippen LogP contribution in [0.4, 0.5) is 21.6 Å². The monoisotopic (exact) mass is 518 g/mol. The van der Waals surface area contributed by atoms with Crippen LogP contribution < -0.4 is 14.8 Å². The van der Waals surface area contributed by atoms with Gasteiger partial charge in [-0.2, -0.15) is 4.36 Å². The number of hydrogen-bond acceptors (Lipinski definition) is 10. The third-order valence-corrected chi connectivity index (χ3v) is 6.71. The summed E-state index contributed by atoms with van der Waals surface area (Å²) in [4.78, 5) is 8.77. The van der Waals surface area contributed by atoms with Crippen molar-refractivity contribution < 1.29 is 32.7 Å². The molecule has 2 aliphatic rings. The van der Waals surface area contributed by atoms with E-state index in [4.69, 9.17) is 18.9 Å². The van der Waals surface area contributed by atoms with E-state index >= 15 is 0 Å². The molecule has 2 saturated heterocycles. The van der Waals surface area contributed by atoms with Gasteiger partial charge < -0.3 is 29.4 Å². The van der Waals surface area contributed by atoms with Gasteiger partial charge >= 0.3 is 0 Å². The summed E-state index contributed by atoms with van der Waals surface area (Å²) in [6.07, 6.45) is 2.33. The lowest BCUT2D eigenvalue weighted by atomic mass is 10.1. The number of ether oxygens (including phenoxy) is 4. The van der Waals surface area contributed by atoms with Gasteiger partial charge in [0.25, 0.3) is 0 Å². The van der Waals surface area contributed by atoms with Crippen LogP contribution in [0.2, 0.25) is 0 Å². The first-order valence-corrected chi connectivity index (χ1v) is 13.6. The molecule has 0 unspecified atom stereocenters. The number of methoxy groups -OCH3 is 1. The summed E-state index contributed by atoms with van der Waals surface area (Å²) in [6, 6.07) is 5.83. The molecule has 192 valence electrons. The van der Waals surface area contributed by atoms with E-state index in [1.807, 2.05) is 6.92 Å². The van der Waals surface area contributed by atoms with E-state index in [0.29, 0.717) is 39.4 Å². The third kappa shape index (κ3) is 4.69. The molecule has 36 heavy (non-hydrogen) atoms. The van der Waals surface area contributed by atoms with Crippen molar-refractivity contribution in [1.29, 1.82) is 0 Å². The number of nitrogens with zero attached hydrogens (tertiary/aromatic N) is 3. The van der Waals surface area contributed by atoms with Crippen molar-refractivity contribution in [2.45, 2.75) is 31.3 Å². The Hall–Kier alpha value is -3.06. The van der Waals surface area contributed by atoms with Crippen molar-refractivity contribution in [2.75, 3.05) is 38.2 Å². The molecule has 0 saturated carbocycles. The fourth-order valence-electron chi connectivity index (χ4n) is 4.57. The Morgan fingerprint density at radius 3 is 2.72 bits per heavy atom. The zero-order valence-electron chi connectivity index (χ0n) is 20.2. The number of anilines is 2. The highest BCUT2D eigenvalue weighted by Gasteiger charge is 2.48. The largest absolute Gasteiger partial charge is 0.494 e. The van der Waals surface area contributed by atoms with Gasteiger partial charge in [0.2, 0.25) is 0 Å². The molecule has 2 N–H and O–H groups in total. The lowest BCUT2D eigenvalue weighted by Gasteiger charge is -2.21. The predicted molar refractivity (Wildman–Crippen MR) is 132 cm³/mol. The second-order valence-electron chi connectivity index (χ2n) is 9.03. The van der Waals surface area contributed by atoms with Crippen molar-refractivity contribution in [3.8, 4) is 11.5 Å². The topological polar surface area (TPSA) is 124 Å². The third-order valence-electron chi connectivity index (χ3n) is 6.08. The van der Waals surface area contributed by atoms with Crippen LogP contribution in [0.1, 0.15) is 5.56 Å². The van der Waals surface area contributed by atoms with Crippen LogP contribution in [0, 0.1) is 12.7 Å². The van der Waals surface area contributed by atoms with Crippen LogP contribution in [0.25, 0.3) is 10.9 Å². The molecule has 2 aromatic carbocycles. The van der Waals surface area contributed by atoms with E-state index in [-0.39, 0.29) is 19.0 Å².